The van der Waals surface area contributed by atoms with Gasteiger partial charge in [-0.3, -0.25) is 9.47 Å². The summed E-state index contributed by atoms with van der Waals surface area (Å²) in [5.74, 6) is 1.12. The van der Waals surface area contributed by atoms with Crippen molar-refractivity contribution < 1.29 is 5.11 Å². The lowest BCUT2D eigenvalue weighted by atomic mass is 10.2. The smallest absolute Gasteiger partial charge is 0.161 e. The summed E-state index contributed by atoms with van der Waals surface area (Å²) < 4.78 is 2.21. The highest BCUT2D eigenvalue weighted by molar-refractivity contribution is 5.77. The highest BCUT2D eigenvalue weighted by atomic mass is 16.3. The van der Waals surface area contributed by atoms with Crippen LogP contribution in [-0.4, -0.2) is 38.1 Å². The van der Waals surface area contributed by atoms with Crippen molar-refractivity contribution in [3.63, 3.8) is 0 Å². The van der Waals surface area contributed by atoms with Gasteiger partial charge >= 0.3 is 0 Å². The third kappa shape index (κ3) is 2.05. The Labute approximate surface area is 128 Å². The zero-order chi connectivity index (χ0) is 15.1. The average Bonchev–Trinajstić information content (AvgIpc) is 3.10. The van der Waals surface area contributed by atoms with E-state index >= 15 is 0 Å². The number of aromatic nitrogens is 3. The van der Waals surface area contributed by atoms with Gasteiger partial charge in [-0.25, -0.2) is 9.97 Å². The minimum Gasteiger partial charge on any atom is -0.508 e. The van der Waals surface area contributed by atoms with E-state index < -0.39 is 0 Å². The topological polar surface area (TPSA) is 54.2 Å². The van der Waals surface area contributed by atoms with E-state index in [9.17, 15) is 5.11 Å². The van der Waals surface area contributed by atoms with Gasteiger partial charge in [0.15, 0.2) is 5.65 Å². The number of nitrogens with zero attached hydrogens (tertiary/aromatic N) is 4. The number of imidazole rings is 1. The van der Waals surface area contributed by atoms with Crippen molar-refractivity contribution in [1.29, 1.82) is 0 Å². The third-order valence-electron chi connectivity index (χ3n) is 4.33. The number of likely N-dealkylation sites (tertiary alicyclic amines) is 1. The second kappa shape index (κ2) is 5.10. The molecule has 0 radical (unpaired) electrons. The summed E-state index contributed by atoms with van der Waals surface area (Å²) in [6, 6.07) is 11.2. The molecule has 1 aromatic carbocycles. The lowest BCUT2D eigenvalue weighted by Gasteiger charge is -2.23. The van der Waals surface area contributed by atoms with Crippen LogP contribution in [0.1, 0.15) is 19.0 Å². The van der Waals surface area contributed by atoms with Crippen LogP contribution in [0.4, 0.5) is 0 Å². The van der Waals surface area contributed by atoms with E-state index in [1.54, 1.807) is 12.1 Å². The largest absolute Gasteiger partial charge is 0.508 e. The number of phenols is 1. The Morgan fingerprint density at radius 3 is 2.91 bits per heavy atom. The number of aromatic hydroxyl groups is 1. The van der Waals surface area contributed by atoms with Crippen LogP contribution < -0.4 is 0 Å². The Hall–Kier alpha value is -2.40. The number of phenolic OH excluding ortho intramolecular Hbond substituents is 1. The van der Waals surface area contributed by atoms with Gasteiger partial charge < -0.3 is 5.11 Å². The van der Waals surface area contributed by atoms with Gasteiger partial charge in [-0.2, -0.15) is 0 Å². The van der Waals surface area contributed by atoms with Gasteiger partial charge in [-0.05, 0) is 50.7 Å². The average molecular weight is 294 g/mol. The number of rotatable bonds is 2. The molecule has 3 heterocycles. The predicted molar refractivity (Wildman–Crippen MR) is 85.5 cm³/mol. The molecule has 5 heteroatoms. The fraction of sp³-hybridized carbons (Fsp3) is 0.294. The zero-order valence-electron chi connectivity index (χ0n) is 12.5. The molecule has 4 rings (SSSR count). The second-order valence-corrected chi connectivity index (χ2v) is 5.81. The molecule has 1 unspecified atom stereocenters. The molecule has 1 fully saturated rings. The number of hydrogen-bond donors (Lipinski definition) is 1. The number of fused-ring (bicyclic) bond motifs is 1. The molecule has 5 nitrogen and oxygen atoms in total. The monoisotopic (exact) mass is 294 g/mol. The first-order valence-corrected chi connectivity index (χ1v) is 7.56. The van der Waals surface area contributed by atoms with Gasteiger partial charge in [0.05, 0.1) is 6.17 Å². The molecule has 1 aliphatic rings. The molecule has 1 atom stereocenters. The summed E-state index contributed by atoms with van der Waals surface area (Å²) in [6.45, 7) is 1.08. The molecule has 0 amide bonds. The highest BCUT2D eigenvalue weighted by Crippen LogP contribution is 2.34. The normalized spacial score (nSPS) is 19.0. The fourth-order valence-electron chi connectivity index (χ4n) is 3.28. The second-order valence-electron chi connectivity index (χ2n) is 5.81. The predicted octanol–water partition coefficient (Wildman–Crippen LogP) is 3.03. The van der Waals surface area contributed by atoms with E-state index in [-0.39, 0.29) is 11.9 Å². The van der Waals surface area contributed by atoms with Crippen LogP contribution in [0.15, 0.2) is 42.6 Å². The molecule has 1 aliphatic heterocycles. The third-order valence-corrected chi connectivity index (χ3v) is 4.33. The van der Waals surface area contributed by atoms with Gasteiger partial charge in [0.25, 0.3) is 0 Å². The van der Waals surface area contributed by atoms with Gasteiger partial charge in [0, 0.05) is 11.8 Å². The Morgan fingerprint density at radius 2 is 2.14 bits per heavy atom. The first-order chi connectivity index (χ1) is 10.7. The summed E-state index contributed by atoms with van der Waals surface area (Å²) in [7, 11) is 2.14. The van der Waals surface area contributed by atoms with Crippen LogP contribution in [0.2, 0.25) is 0 Å². The standard InChI is InChI=1S/C17H18N4O/c1-20-10-4-8-15(20)21-16(12-5-2-6-13(22)11-12)19-14-7-3-9-18-17(14)21/h2-3,5-7,9,11,15,22H,4,8,10H2,1H3. The number of pyridine rings is 1. The van der Waals surface area contributed by atoms with Crippen LogP contribution in [0.5, 0.6) is 5.75 Å². The summed E-state index contributed by atoms with van der Waals surface area (Å²) >= 11 is 0. The van der Waals surface area contributed by atoms with Crippen molar-refractivity contribution in [1.82, 2.24) is 19.4 Å². The Kier molecular flexibility index (Phi) is 3.08. The van der Waals surface area contributed by atoms with Crippen molar-refractivity contribution >= 4 is 11.2 Å². The summed E-state index contributed by atoms with van der Waals surface area (Å²) in [5.41, 5.74) is 2.71. The Balaban J connectivity index is 1.97. The maximum atomic E-state index is 9.79. The molecule has 0 aliphatic carbocycles. The Morgan fingerprint density at radius 1 is 1.23 bits per heavy atom. The van der Waals surface area contributed by atoms with E-state index in [2.05, 4.69) is 21.5 Å². The minimum absolute atomic E-state index is 0.254. The Bertz CT molecular complexity index is 826. The molecular weight excluding hydrogens is 276 g/mol. The number of benzene rings is 1. The van der Waals surface area contributed by atoms with E-state index in [4.69, 9.17) is 4.98 Å². The molecule has 0 saturated carbocycles. The summed E-state index contributed by atoms with van der Waals surface area (Å²) in [4.78, 5) is 11.6. The molecule has 1 saturated heterocycles. The molecule has 0 spiro atoms. The summed E-state index contributed by atoms with van der Waals surface area (Å²) in [5, 5.41) is 9.79. The summed E-state index contributed by atoms with van der Waals surface area (Å²) in [6.07, 6.45) is 4.33. The van der Waals surface area contributed by atoms with Crippen LogP contribution in [-0.2, 0) is 0 Å². The van der Waals surface area contributed by atoms with Crippen molar-refractivity contribution in [2.45, 2.75) is 19.0 Å². The van der Waals surface area contributed by atoms with Gasteiger partial charge in [-0.15, -0.1) is 0 Å². The van der Waals surface area contributed by atoms with Gasteiger partial charge in [0.2, 0.25) is 0 Å². The fourth-order valence-corrected chi connectivity index (χ4v) is 3.28. The van der Waals surface area contributed by atoms with Crippen molar-refractivity contribution in [2.24, 2.45) is 0 Å². The van der Waals surface area contributed by atoms with E-state index in [1.807, 2.05) is 30.5 Å². The molecule has 0 bridgehead atoms. The van der Waals surface area contributed by atoms with Gasteiger partial charge in [-0.1, -0.05) is 12.1 Å². The molecule has 1 N–H and O–H groups in total. The van der Waals surface area contributed by atoms with E-state index in [0.717, 1.165) is 35.5 Å². The SMILES string of the molecule is CN1CCCC1n1c(-c2cccc(O)c2)nc2cccnc21. The van der Waals surface area contributed by atoms with E-state index in [0.29, 0.717) is 0 Å². The molecule has 2 aromatic heterocycles. The van der Waals surface area contributed by atoms with Crippen LogP contribution in [0, 0.1) is 0 Å². The maximum absolute atomic E-state index is 9.79. The lowest BCUT2D eigenvalue weighted by molar-refractivity contribution is 0.244. The van der Waals surface area contributed by atoms with Crippen molar-refractivity contribution in [3.05, 3.63) is 42.6 Å². The van der Waals surface area contributed by atoms with Gasteiger partial charge in [0.1, 0.15) is 17.1 Å². The lowest BCUT2D eigenvalue weighted by Crippen LogP contribution is -2.24. The highest BCUT2D eigenvalue weighted by Gasteiger charge is 2.27. The van der Waals surface area contributed by atoms with Crippen LogP contribution >= 0.6 is 0 Å². The maximum Gasteiger partial charge on any atom is 0.161 e. The van der Waals surface area contributed by atoms with Crippen molar-refractivity contribution in [2.75, 3.05) is 13.6 Å². The first-order valence-electron chi connectivity index (χ1n) is 7.56. The quantitative estimate of drug-likeness (QED) is 0.789. The molecule has 22 heavy (non-hydrogen) atoms. The first kappa shape index (κ1) is 13.3. The molecule has 3 aromatic rings. The molecular formula is C17H18N4O. The minimum atomic E-state index is 0.254. The van der Waals surface area contributed by atoms with Crippen LogP contribution in [0.25, 0.3) is 22.6 Å². The van der Waals surface area contributed by atoms with E-state index in [1.165, 1.54) is 6.42 Å². The number of hydrogen-bond acceptors (Lipinski definition) is 4. The zero-order valence-corrected chi connectivity index (χ0v) is 12.5. The molecule has 112 valence electrons. The van der Waals surface area contributed by atoms with Crippen molar-refractivity contribution in [3.8, 4) is 17.1 Å². The van der Waals surface area contributed by atoms with Crippen LogP contribution in [0.3, 0.4) is 0 Å².